The smallest absolute Gasteiger partial charge is 0.131 e. The number of hydrogen-bond acceptors (Lipinski definition) is 2. The van der Waals surface area contributed by atoms with Crippen molar-refractivity contribution in [2.24, 2.45) is 0 Å². The van der Waals surface area contributed by atoms with Crippen LogP contribution in [0.3, 0.4) is 0 Å². The van der Waals surface area contributed by atoms with Gasteiger partial charge in [-0.25, -0.2) is 0 Å². The molecule has 1 rings (SSSR count). The van der Waals surface area contributed by atoms with Gasteiger partial charge in [0.2, 0.25) is 0 Å². The minimum atomic E-state index is -0.455. The summed E-state index contributed by atoms with van der Waals surface area (Å²) in [5.74, 6) is -0.469. The quantitative estimate of drug-likeness (QED) is 0.850. The number of nitriles is 1. The molecule has 0 spiro atoms. The predicted octanol–water partition coefficient (Wildman–Crippen LogP) is 3.69. The number of benzene rings is 1. The van der Waals surface area contributed by atoms with E-state index in [0.29, 0.717) is 10.6 Å². The fraction of sp³-hybridized carbons (Fsp3) is 0.273. The molecule has 0 aromatic heterocycles. The summed E-state index contributed by atoms with van der Waals surface area (Å²) in [6.45, 7) is 1.47. The van der Waals surface area contributed by atoms with Crippen LogP contribution in [0.15, 0.2) is 22.7 Å². The summed E-state index contributed by atoms with van der Waals surface area (Å²) in [5.41, 5.74) is 0.706. The number of ketones is 1. The first kappa shape index (κ1) is 12.2. The molecule has 78 valence electrons. The molecule has 0 amide bonds. The van der Waals surface area contributed by atoms with E-state index in [4.69, 9.17) is 16.9 Å². The number of nitrogens with zero attached hydrogens (tertiary/aromatic N) is 1. The molecule has 15 heavy (non-hydrogen) atoms. The molecule has 0 bridgehead atoms. The van der Waals surface area contributed by atoms with Gasteiger partial charge in [-0.15, -0.1) is 0 Å². The van der Waals surface area contributed by atoms with Crippen molar-refractivity contribution in [1.82, 2.24) is 0 Å². The van der Waals surface area contributed by atoms with Crippen LogP contribution >= 0.6 is 27.5 Å². The maximum absolute atomic E-state index is 11.0. The highest BCUT2D eigenvalue weighted by Crippen LogP contribution is 2.29. The van der Waals surface area contributed by atoms with Crippen molar-refractivity contribution in [2.45, 2.75) is 19.3 Å². The molecule has 0 heterocycles. The lowest BCUT2D eigenvalue weighted by Gasteiger charge is -2.09. The summed E-state index contributed by atoms with van der Waals surface area (Å²) >= 11 is 9.28. The zero-order valence-corrected chi connectivity index (χ0v) is 10.5. The maximum Gasteiger partial charge on any atom is 0.131 e. The number of hydrogen-bond donors (Lipinski definition) is 0. The molecule has 0 fully saturated rings. The molecule has 1 atom stereocenters. The van der Waals surface area contributed by atoms with Gasteiger partial charge in [-0.05, 0) is 24.6 Å². The maximum atomic E-state index is 11.0. The number of carbonyl (C=O) groups is 1. The Morgan fingerprint density at radius 2 is 2.33 bits per heavy atom. The van der Waals surface area contributed by atoms with Crippen LogP contribution in [-0.2, 0) is 4.79 Å². The lowest BCUT2D eigenvalue weighted by atomic mass is 9.95. The normalized spacial score (nSPS) is 11.9. The van der Waals surface area contributed by atoms with Crippen molar-refractivity contribution in [3.8, 4) is 6.07 Å². The van der Waals surface area contributed by atoms with Gasteiger partial charge in [-0.2, -0.15) is 5.26 Å². The van der Waals surface area contributed by atoms with Crippen LogP contribution in [0.1, 0.15) is 24.8 Å². The van der Waals surface area contributed by atoms with E-state index in [2.05, 4.69) is 22.0 Å². The molecule has 0 aliphatic rings. The third-order valence-electron chi connectivity index (χ3n) is 1.99. The zero-order chi connectivity index (χ0) is 11.4. The van der Waals surface area contributed by atoms with Crippen LogP contribution in [0.5, 0.6) is 0 Å². The summed E-state index contributed by atoms with van der Waals surface area (Å²) in [6.07, 6.45) is 0.206. The van der Waals surface area contributed by atoms with E-state index in [1.165, 1.54) is 6.92 Å². The van der Waals surface area contributed by atoms with E-state index in [0.717, 1.165) is 4.47 Å². The fourth-order valence-corrected chi connectivity index (χ4v) is 2.10. The Labute approximate surface area is 102 Å². The van der Waals surface area contributed by atoms with Gasteiger partial charge in [0.05, 0.1) is 12.0 Å². The van der Waals surface area contributed by atoms with Crippen LogP contribution in [0.4, 0.5) is 0 Å². The molecule has 0 saturated carbocycles. The average molecular weight is 287 g/mol. The topological polar surface area (TPSA) is 40.9 Å². The Hall–Kier alpha value is -0.850. The number of rotatable bonds is 3. The molecule has 1 aromatic carbocycles. The van der Waals surface area contributed by atoms with Gasteiger partial charge < -0.3 is 0 Å². The van der Waals surface area contributed by atoms with Gasteiger partial charge >= 0.3 is 0 Å². The van der Waals surface area contributed by atoms with E-state index >= 15 is 0 Å². The highest BCUT2D eigenvalue weighted by atomic mass is 79.9. The second-order valence-electron chi connectivity index (χ2n) is 3.25. The largest absolute Gasteiger partial charge is 0.300 e. The minimum absolute atomic E-state index is 0.0134. The van der Waals surface area contributed by atoms with Crippen LogP contribution in [0, 0.1) is 11.3 Å². The second kappa shape index (κ2) is 5.29. The fourth-order valence-electron chi connectivity index (χ4n) is 1.30. The summed E-state index contributed by atoms with van der Waals surface area (Å²) in [6, 6.07) is 7.39. The number of halogens is 2. The predicted molar refractivity (Wildman–Crippen MR) is 62.8 cm³/mol. The van der Waals surface area contributed by atoms with Gasteiger partial charge in [-0.3, -0.25) is 4.79 Å². The van der Waals surface area contributed by atoms with Crippen molar-refractivity contribution >= 4 is 33.3 Å². The van der Waals surface area contributed by atoms with E-state index < -0.39 is 5.92 Å². The highest BCUT2D eigenvalue weighted by Gasteiger charge is 2.16. The zero-order valence-electron chi connectivity index (χ0n) is 8.13. The second-order valence-corrected chi connectivity index (χ2v) is 4.58. The van der Waals surface area contributed by atoms with Crippen molar-refractivity contribution in [3.05, 3.63) is 33.3 Å². The molecule has 0 N–H and O–H groups in total. The Bertz CT molecular complexity index is 425. The van der Waals surface area contributed by atoms with Gasteiger partial charge in [0.15, 0.2) is 0 Å². The van der Waals surface area contributed by atoms with Crippen molar-refractivity contribution in [2.75, 3.05) is 0 Å². The Morgan fingerprint density at radius 3 is 2.80 bits per heavy atom. The number of Topliss-reactive ketones (excluding diaryl/α,β-unsaturated/α-hetero) is 1. The third-order valence-corrected chi connectivity index (χ3v) is 2.81. The molecular formula is C11H9BrClNO. The van der Waals surface area contributed by atoms with Crippen LogP contribution in [0.25, 0.3) is 0 Å². The van der Waals surface area contributed by atoms with E-state index in [9.17, 15) is 4.79 Å². The van der Waals surface area contributed by atoms with Crippen molar-refractivity contribution in [3.63, 3.8) is 0 Å². The third kappa shape index (κ3) is 3.33. The first-order valence-corrected chi connectivity index (χ1v) is 5.55. The summed E-state index contributed by atoms with van der Waals surface area (Å²) < 4.78 is 0.857. The van der Waals surface area contributed by atoms with E-state index in [1.807, 2.05) is 6.07 Å². The van der Waals surface area contributed by atoms with E-state index in [-0.39, 0.29) is 12.2 Å². The van der Waals surface area contributed by atoms with Gasteiger partial charge in [0.1, 0.15) is 5.78 Å². The van der Waals surface area contributed by atoms with Crippen molar-refractivity contribution < 1.29 is 4.79 Å². The molecule has 1 aromatic rings. The van der Waals surface area contributed by atoms with Crippen LogP contribution in [-0.4, -0.2) is 5.78 Å². The monoisotopic (exact) mass is 285 g/mol. The summed E-state index contributed by atoms with van der Waals surface area (Å²) in [5, 5.41) is 9.46. The SMILES string of the molecule is CC(=O)CC(C#N)c1ccc(Br)cc1Cl. The summed E-state index contributed by atoms with van der Waals surface area (Å²) in [7, 11) is 0. The van der Waals surface area contributed by atoms with E-state index in [1.54, 1.807) is 12.1 Å². The minimum Gasteiger partial charge on any atom is -0.300 e. The first-order chi connectivity index (χ1) is 7.04. The van der Waals surface area contributed by atoms with Crippen LogP contribution < -0.4 is 0 Å². The molecule has 0 aliphatic heterocycles. The molecule has 2 nitrogen and oxygen atoms in total. The molecule has 4 heteroatoms. The molecule has 0 radical (unpaired) electrons. The van der Waals surface area contributed by atoms with Gasteiger partial charge in [-0.1, -0.05) is 33.6 Å². The first-order valence-electron chi connectivity index (χ1n) is 4.38. The molecule has 1 unspecified atom stereocenters. The van der Waals surface area contributed by atoms with Crippen molar-refractivity contribution in [1.29, 1.82) is 5.26 Å². The molecule has 0 aliphatic carbocycles. The Kier molecular flexibility index (Phi) is 4.31. The van der Waals surface area contributed by atoms with Gasteiger partial charge in [0.25, 0.3) is 0 Å². The summed E-state index contributed by atoms with van der Waals surface area (Å²) in [4.78, 5) is 11.0. The Morgan fingerprint density at radius 1 is 1.67 bits per heavy atom. The van der Waals surface area contributed by atoms with Gasteiger partial charge in [0, 0.05) is 15.9 Å². The average Bonchev–Trinajstić information content (AvgIpc) is 2.14. The highest BCUT2D eigenvalue weighted by molar-refractivity contribution is 9.10. The van der Waals surface area contributed by atoms with Crippen LogP contribution in [0.2, 0.25) is 5.02 Å². The standard InChI is InChI=1S/C11H9BrClNO/c1-7(15)4-8(6-14)10-3-2-9(12)5-11(10)13/h2-3,5,8H,4H2,1H3. The lowest BCUT2D eigenvalue weighted by Crippen LogP contribution is -2.02. The Balaban J connectivity index is 3.03. The molecule has 0 saturated heterocycles. The number of carbonyl (C=O) groups excluding carboxylic acids is 1. The molecular weight excluding hydrogens is 277 g/mol. The lowest BCUT2D eigenvalue weighted by molar-refractivity contribution is -0.117.